The summed E-state index contributed by atoms with van der Waals surface area (Å²) in [5.74, 6) is -0.133. The summed E-state index contributed by atoms with van der Waals surface area (Å²) in [6, 6.07) is -0.784. The zero-order valence-electron chi connectivity index (χ0n) is 29.3. The lowest BCUT2D eigenvalue weighted by molar-refractivity contribution is -0.929. The zero-order valence-corrected chi connectivity index (χ0v) is 30.1. The molecule has 2 rings (SSSR count). The fraction of sp³-hybridized carbons (Fsp3) is 0.938. The van der Waals surface area contributed by atoms with Crippen molar-refractivity contribution in [3.05, 3.63) is 0 Å². The van der Waals surface area contributed by atoms with Crippen LogP contribution in [-0.4, -0.2) is 104 Å². The molecule has 12 nitrogen and oxygen atoms in total. The molecule has 0 bridgehead atoms. The molecular formula is C32H65N5O7S. The van der Waals surface area contributed by atoms with Crippen molar-refractivity contribution in [1.82, 2.24) is 21.0 Å². The Bertz CT molecular complexity index is 891. The Morgan fingerprint density at radius 2 is 1.33 bits per heavy atom. The molecule has 0 unspecified atom stereocenters. The van der Waals surface area contributed by atoms with Gasteiger partial charge in [0.2, 0.25) is 16.3 Å². The van der Waals surface area contributed by atoms with E-state index in [9.17, 15) is 22.6 Å². The molecule has 2 heterocycles. The van der Waals surface area contributed by atoms with Crippen molar-refractivity contribution in [2.75, 3.05) is 45.8 Å². The molecule has 2 aliphatic rings. The van der Waals surface area contributed by atoms with E-state index in [1.165, 1.54) is 82.0 Å². The minimum atomic E-state index is -4.80. The summed E-state index contributed by atoms with van der Waals surface area (Å²) >= 11 is 0. The highest BCUT2D eigenvalue weighted by Crippen LogP contribution is 2.18. The maximum Gasteiger partial charge on any atom is 0.410 e. The van der Waals surface area contributed by atoms with Crippen molar-refractivity contribution in [3.8, 4) is 0 Å². The summed E-state index contributed by atoms with van der Waals surface area (Å²) in [6.45, 7) is 21.8. The first-order chi connectivity index (χ1) is 21.2. The second kappa shape index (κ2) is 21.4. The molecule has 0 spiro atoms. The van der Waals surface area contributed by atoms with Gasteiger partial charge in [-0.05, 0) is 72.1 Å². The first-order valence-corrected chi connectivity index (χ1v) is 18.8. The average molecular weight is 664 g/mol. The Hall–Kier alpha value is -1.51. The molecule has 2 aliphatic heterocycles. The number of quaternary nitrogens is 1. The highest BCUT2D eigenvalue weighted by molar-refractivity contribution is 7.80. The van der Waals surface area contributed by atoms with Crippen LogP contribution in [0, 0.1) is 0 Å². The van der Waals surface area contributed by atoms with Crippen LogP contribution >= 0.6 is 0 Å². The van der Waals surface area contributed by atoms with Crippen LogP contribution in [0.4, 0.5) is 4.79 Å². The van der Waals surface area contributed by atoms with E-state index in [0.717, 1.165) is 0 Å². The number of hydrogen-bond donors (Lipinski definition) is 3. The summed E-state index contributed by atoms with van der Waals surface area (Å²) in [7, 11) is -4.80. The van der Waals surface area contributed by atoms with Gasteiger partial charge in [0, 0.05) is 31.7 Å². The molecule has 0 aromatic rings. The molecule has 0 aromatic carbocycles. The lowest BCUT2D eigenvalue weighted by atomic mass is 9.99. The van der Waals surface area contributed by atoms with Gasteiger partial charge in [0.05, 0.1) is 32.2 Å². The van der Waals surface area contributed by atoms with Crippen LogP contribution in [0.5, 0.6) is 0 Å². The number of hydrogen-bond acceptors (Lipinski definition) is 9. The topological polar surface area (TPSA) is 149 Å². The molecule has 2 atom stereocenters. The number of carbonyl (C=O) groups is 2. The number of nitrogens with zero attached hydrogens (tertiary/aromatic N) is 2. The van der Waals surface area contributed by atoms with Crippen LogP contribution < -0.4 is 16.1 Å². The van der Waals surface area contributed by atoms with Gasteiger partial charge >= 0.3 is 6.09 Å². The number of unbranched alkanes of at least 4 members (excludes halogenated alkanes) is 4. The standard InChI is InChI=1S/C16H30N4O7S.C16H36N/c1-16(2,3)26-15(22)20-8-6-11(7-9-20)18-14(21)13-5-4-12(10-17-13)19-27-28(23,24)25;1-5-9-13-17(14-10-6-2,15-11-7-3)16-12-8-4/h11-13,17,19H,4-10H2,1-3H3,(H,18,21)(H,23,24,25);5-16H2,1-4H3/q;+1/p-1/t12-,13-;/m1./s1. The Morgan fingerprint density at radius 3 is 1.71 bits per heavy atom. The molecule has 13 heteroatoms. The third-order valence-electron chi connectivity index (χ3n) is 8.48. The predicted octanol–water partition coefficient (Wildman–Crippen LogP) is 4.61. The Morgan fingerprint density at radius 1 is 0.844 bits per heavy atom. The second-order valence-electron chi connectivity index (χ2n) is 13.7. The first-order valence-electron chi connectivity index (χ1n) is 17.4. The fourth-order valence-corrected chi connectivity index (χ4v) is 6.04. The van der Waals surface area contributed by atoms with Gasteiger partial charge in [0.15, 0.2) is 0 Å². The average Bonchev–Trinajstić information content (AvgIpc) is 2.99. The molecule has 2 saturated heterocycles. The number of likely N-dealkylation sites (tertiary alicyclic amines) is 1. The van der Waals surface area contributed by atoms with Crippen LogP contribution in [0.1, 0.15) is 126 Å². The van der Waals surface area contributed by atoms with Crippen molar-refractivity contribution in [1.29, 1.82) is 0 Å². The molecule has 2 amide bonds. The number of nitrogens with one attached hydrogen (secondary N) is 3. The monoisotopic (exact) mass is 663 g/mol. The maximum absolute atomic E-state index is 12.4. The van der Waals surface area contributed by atoms with E-state index < -0.39 is 22.0 Å². The highest BCUT2D eigenvalue weighted by Gasteiger charge is 2.31. The zero-order chi connectivity index (χ0) is 33.9. The van der Waals surface area contributed by atoms with Gasteiger partial charge in [0.25, 0.3) is 0 Å². The molecule has 0 aliphatic carbocycles. The molecule has 0 radical (unpaired) electrons. The van der Waals surface area contributed by atoms with E-state index in [1.54, 1.807) is 4.90 Å². The van der Waals surface area contributed by atoms with Crippen molar-refractivity contribution >= 4 is 22.4 Å². The fourth-order valence-electron chi connectivity index (χ4n) is 5.79. The van der Waals surface area contributed by atoms with Gasteiger partial charge in [0.1, 0.15) is 5.60 Å². The predicted molar refractivity (Wildman–Crippen MR) is 177 cm³/mol. The van der Waals surface area contributed by atoms with Crippen LogP contribution in [0.3, 0.4) is 0 Å². The normalized spacial score (nSPS) is 19.9. The number of amides is 2. The largest absolute Gasteiger partial charge is 0.724 e. The Kier molecular flexibility index (Phi) is 19.7. The maximum atomic E-state index is 12.4. The number of hydroxylamine groups is 1. The summed E-state index contributed by atoms with van der Waals surface area (Å²) in [4.78, 5) is 26.1. The van der Waals surface area contributed by atoms with E-state index in [4.69, 9.17) is 4.74 Å². The van der Waals surface area contributed by atoms with E-state index in [-0.39, 0.29) is 24.1 Å². The van der Waals surface area contributed by atoms with Gasteiger partial charge in [-0.15, -0.1) is 0 Å². The third kappa shape index (κ3) is 18.4. The van der Waals surface area contributed by atoms with Gasteiger partial charge in [-0.1, -0.05) is 53.4 Å². The van der Waals surface area contributed by atoms with E-state index in [0.29, 0.717) is 45.3 Å². The third-order valence-corrected chi connectivity index (χ3v) is 8.79. The molecule has 0 saturated carbocycles. The minimum absolute atomic E-state index is 0.0159. The second-order valence-corrected chi connectivity index (χ2v) is 14.7. The van der Waals surface area contributed by atoms with Crippen molar-refractivity contribution < 1.29 is 36.1 Å². The highest BCUT2D eigenvalue weighted by atomic mass is 32.3. The Balaban J connectivity index is 0.000000512. The van der Waals surface area contributed by atoms with E-state index in [2.05, 4.69) is 48.1 Å². The lowest BCUT2D eigenvalue weighted by Gasteiger charge is -2.39. The molecule has 3 N–H and O–H groups in total. The van der Waals surface area contributed by atoms with Crippen LogP contribution in [0.15, 0.2) is 0 Å². The van der Waals surface area contributed by atoms with Crippen LogP contribution in [-0.2, 0) is 24.2 Å². The summed E-state index contributed by atoms with van der Waals surface area (Å²) in [5, 5.41) is 6.00. The van der Waals surface area contributed by atoms with Crippen molar-refractivity contribution in [2.24, 2.45) is 0 Å². The van der Waals surface area contributed by atoms with Gasteiger partial charge < -0.3 is 29.3 Å². The first kappa shape index (κ1) is 41.5. The number of rotatable bonds is 17. The van der Waals surface area contributed by atoms with E-state index in [1.807, 2.05) is 20.8 Å². The van der Waals surface area contributed by atoms with Gasteiger partial charge in [-0.3, -0.25) is 4.79 Å². The quantitative estimate of drug-likeness (QED) is 0.0878. The number of piperidine rings is 2. The number of carbonyl (C=O) groups excluding carboxylic acids is 2. The van der Waals surface area contributed by atoms with E-state index >= 15 is 0 Å². The molecule has 0 aromatic heterocycles. The van der Waals surface area contributed by atoms with Crippen LogP contribution in [0.25, 0.3) is 0 Å². The molecule has 266 valence electrons. The summed E-state index contributed by atoms with van der Waals surface area (Å²) in [5.41, 5.74) is 1.65. The Labute approximate surface area is 274 Å². The van der Waals surface area contributed by atoms with Crippen LogP contribution in [0.2, 0.25) is 0 Å². The van der Waals surface area contributed by atoms with Gasteiger partial charge in [-0.25, -0.2) is 13.2 Å². The minimum Gasteiger partial charge on any atom is -0.724 e. The molecule has 2 fully saturated rings. The van der Waals surface area contributed by atoms with Gasteiger partial charge in [-0.2, -0.15) is 9.76 Å². The smallest absolute Gasteiger partial charge is 0.410 e. The number of ether oxygens (including phenoxy) is 1. The molecular weight excluding hydrogens is 598 g/mol. The lowest BCUT2D eigenvalue weighted by Crippen LogP contribution is -2.56. The SMILES string of the molecule is CC(C)(C)OC(=O)N1CCC(NC(=O)[C@H]2CC[C@@H](NOS(=O)(=O)[O-])CN2)CC1.CCCC[N+](CCCC)(CCCC)CCCC. The summed E-state index contributed by atoms with van der Waals surface area (Å²) in [6.07, 6.45) is 13.0. The van der Waals surface area contributed by atoms with Crippen molar-refractivity contribution in [3.63, 3.8) is 0 Å². The molecule has 45 heavy (non-hydrogen) atoms. The summed E-state index contributed by atoms with van der Waals surface area (Å²) < 4.78 is 42.1. The van der Waals surface area contributed by atoms with Crippen molar-refractivity contribution in [2.45, 2.75) is 149 Å².